The monoisotopic (exact) mass is 338 g/mol. The van der Waals surface area contributed by atoms with Crippen LogP contribution < -0.4 is 5.56 Å². The van der Waals surface area contributed by atoms with Crippen LogP contribution in [0.5, 0.6) is 0 Å². The molecule has 0 bridgehead atoms. The van der Waals surface area contributed by atoms with Gasteiger partial charge in [-0.1, -0.05) is 0 Å². The van der Waals surface area contributed by atoms with Crippen LogP contribution in [-0.4, -0.2) is 33.2 Å². The maximum absolute atomic E-state index is 12.6. The van der Waals surface area contributed by atoms with Gasteiger partial charge in [0.1, 0.15) is 9.71 Å². The van der Waals surface area contributed by atoms with Crippen LogP contribution >= 0.6 is 11.3 Å². The normalized spacial score (nSPS) is 11.7. The molecule has 7 nitrogen and oxygen atoms in total. The third-order valence-electron chi connectivity index (χ3n) is 3.52. The lowest BCUT2D eigenvalue weighted by molar-refractivity contribution is -0.147. The van der Waals surface area contributed by atoms with Gasteiger partial charge in [0.15, 0.2) is 0 Å². The Bertz CT molecular complexity index is 834. The van der Waals surface area contributed by atoms with Crippen LogP contribution in [0.3, 0.4) is 0 Å². The average Bonchev–Trinajstić information content (AvgIpc) is 2.80. The number of rotatable bonds is 5. The number of fused-ring (bicyclic) bond motifs is 1. The average molecular weight is 338 g/mol. The van der Waals surface area contributed by atoms with E-state index in [9.17, 15) is 19.5 Å². The molecule has 23 heavy (non-hydrogen) atoms. The van der Waals surface area contributed by atoms with Crippen molar-refractivity contribution in [2.45, 2.75) is 34.2 Å². The Hall–Kier alpha value is -2.22. The smallest absolute Gasteiger partial charge is 0.348 e. The largest absolute Gasteiger partial charge is 0.481 e. The molecule has 0 aliphatic carbocycles. The van der Waals surface area contributed by atoms with Crippen molar-refractivity contribution in [2.24, 2.45) is 5.41 Å². The Balaban J connectivity index is 2.55. The molecule has 2 aromatic heterocycles. The summed E-state index contributed by atoms with van der Waals surface area (Å²) in [4.78, 5) is 40.8. The molecule has 0 spiro atoms. The van der Waals surface area contributed by atoms with Crippen molar-refractivity contribution >= 4 is 33.5 Å². The van der Waals surface area contributed by atoms with Gasteiger partial charge in [-0.05, 0) is 33.3 Å². The number of ether oxygens (including phenoxy) is 1. The summed E-state index contributed by atoms with van der Waals surface area (Å²) in [6, 6.07) is 0. The molecular formula is C15H18N2O5S. The molecule has 0 aliphatic heterocycles. The van der Waals surface area contributed by atoms with E-state index in [4.69, 9.17) is 4.74 Å². The van der Waals surface area contributed by atoms with Crippen LogP contribution in [0.4, 0.5) is 0 Å². The zero-order chi connectivity index (χ0) is 17.4. The number of nitrogens with zero attached hydrogens (tertiary/aromatic N) is 2. The zero-order valence-corrected chi connectivity index (χ0v) is 14.2. The molecule has 0 amide bonds. The predicted molar refractivity (Wildman–Crippen MR) is 86.0 cm³/mol. The van der Waals surface area contributed by atoms with E-state index in [1.807, 2.05) is 0 Å². The van der Waals surface area contributed by atoms with E-state index >= 15 is 0 Å². The Morgan fingerprint density at radius 3 is 2.65 bits per heavy atom. The molecule has 0 aromatic carbocycles. The number of aromatic nitrogens is 2. The van der Waals surface area contributed by atoms with Crippen molar-refractivity contribution in [3.05, 3.63) is 27.1 Å². The van der Waals surface area contributed by atoms with Crippen LogP contribution in [-0.2, 0) is 16.1 Å². The molecule has 2 aromatic rings. The number of aryl methyl sites for hydroxylation is 1. The predicted octanol–water partition coefficient (Wildman–Crippen LogP) is 2.05. The molecule has 1 N–H and O–H groups in total. The minimum atomic E-state index is -1.10. The lowest BCUT2D eigenvalue weighted by atomic mass is 9.94. The van der Waals surface area contributed by atoms with E-state index < -0.39 is 17.4 Å². The Labute approximate surface area is 136 Å². The van der Waals surface area contributed by atoms with Crippen molar-refractivity contribution in [2.75, 3.05) is 6.61 Å². The van der Waals surface area contributed by atoms with Crippen molar-refractivity contribution in [1.29, 1.82) is 0 Å². The highest BCUT2D eigenvalue weighted by atomic mass is 32.1. The summed E-state index contributed by atoms with van der Waals surface area (Å²) in [5.41, 5.74) is -0.940. The first-order valence-electron chi connectivity index (χ1n) is 7.08. The number of esters is 1. The fourth-order valence-electron chi connectivity index (χ4n) is 2.16. The highest BCUT2D eigenvalue weighted by Gasteiger charge is 2.29. The van der Waals surface area contributed by atoms with Gasteiger partial charge in [-0.15, -0.1) is 11.3 Å². The second-order valence-corrected chi connectivity index (χ2v) is 6.82. The van der Waals surface area contributed by atoms with Crippen LogP contribution in [0.2, 0.25) is 0 Å². The van der Waals surface area contributed by atoms with Gasteiger partial charge in [0, 0.05) is 6.54 Å². The van der Waals surface area contributed by atoms with Gasteiger partial charge in [0.2, 0.25) is 0 Å². The number of carbonyl (C=O) groups is 2. The Morgan fingerprint density at radius 2 is 2.09 bits per heavy atom. The molecule has 8 heteroatoms. The van der Waals surface area contributed by atoms with Crippen LogP contribution in [0, 0.1) is 12.3 Å². The zero-order valence-electron chi connectivity index (χ0n) is 13.4. The van der Waals surface area contributed by atoms with Crippen molar-refractivity contribution in [1.82, 2.24) is 9.55 Å². The molecule has 0 aliphatic rings. The molecule has 0 radical (unpaired) electrons. The molecule has 2 rings (SSSR count). The fourth-order valence-corrected chi connectivity index (χ4v) is 3.19. The van der Waals surface area contributed by atoms with Gasteiger partial charge in [-0.3, -0.25) is 14.2 Å². The first-order valence-corrected chi connectivity index (χ1v) is 7.89. The van der Waals surface area contributed by atoms with Crippen LogP contribution in [0.15, 0.2) is 11.1 Å². The summed E-state index contributed by atoms with van der Waals surface area (Å²) >= 11 is 1.10. The van der Waals surface area contributed by atoms with E-state index in [1.54, 1.807) is 13.8 Å². The summed E-state index contributed by atoms with van der Waals surface area (Å²) in [7, 11) is 0. The van der Waals surface area contributed by atoms with E-state index in [0.717, 1.165) is 11.3 Å². The van der Waals surface area contributed by atoms with Gasteiger partial charge < -0.3 is 9.84 Å². The molecule has 124 valence electrons. The molecule has 0 saturated carbocycles. The number of carbonyl (C=O) groups excluding carboxylic acids is 1. The number of hydrogen-bond acceptors (Lipinski definition) is 6. The second-order valence-electron chi connectivity index (χ2n) is 5.82. The maximum atomic E-state index is 12.6. The highest BCUT2D eigenvalue weighted by molar-refractivity contribution is 7.20. The Morgan fingerprint density at radius 1 is 1.43 bits per heavy atom. The molecule has 0 unspecified atom stereocenters. The van der Waals surface area contributed by atoms with Gasteiger partial charge in [-0.2, -0.15) is 0 Å². The quantitative estimate of drug-likeness (QED) is 0.838. The van der Waals surface area contributed by atoms with E-state index in [1.165, 1.54) is 24.7 Å². The van der Waals surface area contributed by atoms with Gasteiger partial charge in [0.05, 0.1) is 23.7 Å². The van der Waals surface area contributed by atoms with Gasteiger partial charge >= 0.3 is 11.9 Å². The summed E-state index contributed by atoms with van der Waals surface area (Å²) in [6.07, 6.45) is 1.32. The molecule has 0 saturated heterocycles. The number of hydrogen-bond donors (Lipinski definition) is 1. The Kier molecular flexibility index (Phi) is 4.56. The van der Waals surface area contributed by atoms with E-state index in [2.05, 4.69) is 4.98 Å². The van der Waals surface area contributed by atoms with Crippen LogP contribution in [0.1, 0.15) is 36.0 Å². The number of aliphatic carboxylic acids is 1. The maximum Gasteiger partial charge on any atom is 0.348 e. The molecule has 0 fully saturated rings. The lowest BCUT2D eigenvalue weighted by Crippen LogP contribution is -2.34. The van der Waals surface area contributed by atoms with E-state index in [-0.39, 0.29) is 18.7 Å². The van der Waals surface area contributed by atoms with Crippen molar-refractivity contribution < 1.29 is 19.4 Å². The number of carboxylic acids is 1. The minimum absolute atomic E-state index is 0.00582. The molecular weight excluding hydrogens is 320 g/mol. The number of thiophene rings is 1. The minimum Gasteiger partial charge on any atom is -0.481 e. The summed E-state index contributed by atoms with van der Waals surface area (Å²) < 4.78 is 6.25. The lowest BCUT2D eigenvalue weighted by Gasteiger charge is -2.19. The third kappa shape index (κ3) is 3.12. The standard InChI is InChI=1S/C15H18N2O5S/c1-5-22-13(19)10-8(2)9-11(23-10)16-7-17(12(9)18)6-15(3,4)14(20)21/h7H,5-6H2,1-4H3,(H,20,21). The van der Waals surface area contributed by atoms with Crippen LogP contribution in [0.25, 0.3) is 10.2 Å². The third-order valence-corrected chi connectivity index (χ3v) is 4.70. The van der Waals surface area contributed by atoms with Gasteiger partial charge in [-0.25, -0.2) is 9.78 Å². The SMILES string of the molecule is CCOC(=O)c1sc2ncn(CC(C)(C)C(=O)O)c(=O)c2c1C. The fraction of sp³-hybridized carbons (Fsp3) is 0.467. The first-order chi connectivity index (χ1) is 10.7. The molecule has 0 atom stereocenters. The van der Waals surface area contributed by atoms with Gasteiger partial charge in [0.25, 0.3) is 5.56 Å². The first kappa shape index (κ1) is 17.1. The van der Waals surface area contributed by atoms with E-state index in [0.29, 0.717) is 20.7 Å². The summed E-state index contributed by atoms with van der Waals surface area (Å²) in [6.45, 7) is 6.69. The van der Waals surface area contributed by atoms with Crippen molar-refractivity contribution in [3.63, 3.8) is 0 Å². The van der Waals surface area contributed by atoms with Crippen molar-refractivity contribution in [3.8, 4) is 0 Å². The topological polar surface area (TPSA) is 98.5 Å². The summed E-state index contributed by atoms with van der Waals surface area (Å²) in [5, 5.41) is 9.54. The highest BCUT2D eigenvalue weighted by Crippen LogP contribution is 2.28. The number of carboxylic acid groups (broad SMARTS) is 1. The molecule has 2 heterocycles. The summed E-state index contributed by atoms with van der Waals surface area (Å²) in [5.74, 6) is -1.48. The second kappa shape index (κ2) is 6.11.